The first-order valence-electron chi connectivity index (χ1n) is 11.3. The predicted octanol–water partition coefficient (Wildman–Crippen LogP) is 3.42. The summed E-state index contributed by atoms with van der Waals surface area (Å²) in [6.07, 6.45) is 8.00. The quantitative estimate of drug-likeness (QED) is 0.411. The Morgan fingerprint density at radius 1 is 1.03 bits per heavy atom. The Labute approximate surface area is 200 Å². The second-order valence-corrected chi connectivity index (χ2v) is 10.1. The van der Waals surface area contributed by atoms with E-state index in [0.717, 1.165) is 50.1 Å². The third-order valence-electron chi connectivity index (χ3n) is 7.24. The van der Waals surface area contributed by atoms with E-state index in [9.17, 15) is 4.39 Å². The number of benzene rings is 1. The van der Waals surface area contributed by atoms with Crippen molar-refractivity contribution in [2.24, 2.45) is 11.1 Å². The second-order valence-electron chi connectivity index (χ2n) is 9.06. The van der Waals surface area contributed by atoms with Crippen LogP contribution in [0.5, 0.6) is 0 Å². The number of halogens is 1. The van der Waals surface area contributed by atoms with E-state index in [1.54, 1.807) is 12.3 Å². The summed E-state index contributed by atoms with van der Waals surface area (Å²) in [4.78, 5) is 16.2. The number of piperidine rings is 1. The van der Waals surface area contributed by atoms with Crippen LogP contribution in [-0.2, 0) is 6.42 Å². The predicted molar refractivity (Wildman–Crippen MR) is 131 cm³/mol. The molecule has 0 amide bonds. The Balaban J connectivity index is 1.29. The normalized spacial score (nSPS) is 19.1. The standard InChI is InChI=1S/C24H25FN8S/c25-17-16(5-8-29-20(17)27)34-18-21(28)31-23(33-12-9-30-22(18)33)32-10-6-24(7-11-32)13-14-3-1-2-4-15(14)19(24)26/h1-5,8-9,12,19H,6-7,10-11,13,26,28H2,(H2,27,29)/t19-/m1/s1. The van der Waals surface area contributed by atoms with Gasteiger partial charge < -0.3 is 22.1 Å². The first-order valence-corrected chi connectivity index (χ1v) is 12.1. The van der Waals surface area contributed by atoms with Gasteiger partial charge in [0.2, 0.25) is 5.95 Å². The Morgan fingerprint density at radius 2 is 1.82 bits per heavy atom. The number of nitrogen functional groups attached to an aromatic ring is 2. The van der Waals surface area contributed by atoms with Crippen LogP contribution in [0.15, 0.2) is 58.7 Å². The Hall–Kier alpha value is -3.37. The van der Waals surface area contributed by atoms with E-state index >= 15 is 0 Å². The van der Waals surface area contributed by atoms with Gasteiger partial charge in [-0.2, -0.15) is 4.98 Å². The van der Waals surface area contributed by atoms with E-state index in [4.69, 9.17) is 22.2 Å². The number of hydrogen-bond acceptors (Lipinski definition) is 8. The molecule has 1 aliphatic heterocycles. The molecule has 10 heteroatoms. The fourth-order valence-electron chi connectivity index (χ4n) is 5.37. The summed E-state index contributed by atoms with van der Waals surface area (Å²) >= 11 is 1.15. The van der Waals surface area contributed by atoms with E-state index in [-0.39, 0.29) is 17.3 Å². The number of rotatable bonds is 3. The Bertz CT molecular complexity index is 1400. The lowest BCUT2D eigenvalue weighted by molar-refractivity contribution is 0.187. The topological polar surface area (TPSA) is 124 Å². The zero-order valence-electron chi connectivity index (χ0n) is 18.5. The van der Waals surface area contributed by atoms with E-state index in [2.05, 4.69) is 39.1 Å². The average molecular weight is 477 g/mol. The molecule has 1 saturated heterocycles. The van der Waals surface area contributed by atoms with Crippen LogP contribution < -0.4 is 22.1 Å². The highest BCUT2D eigenvalue weighted by Gasteiger charge is 2.46. The molecule has 0 unspecified atom stereocenters. The summed E-state index contributed by atoms with van der Waals surface area (Å²) in [5.41, 5.74) is 22.1. The highest BCUT2D eigenvalue weighted by atomic mass is 32.2. The van der Waals surface area contributed by atoms with Crippen molar-refractivity contribution in [3.05, 3.63) is 65.9 Å². The van der Waals surface area contributed by atoms with Crippen LogP contribution >= 0.6 is 11.8 Å². The number of pyridine rings is 1. The van der Waals surface area contributed by atoms with Gasteiger partial charge in [-0.1, -0.05) is 36.0 Å². The maximum atomic E-state index is 14.5. The molecule has 0 radical (unpaired) electrons. The molecule has 8 nitrogen and oxygen atoms in total. The van der Waals surface area contributed by atoms with Gasteiger partial charge in [-0.15, -0.1) is 0 Å². The first kappa shape index (κ1) is 21.2. The molecule has 2 aliphatic rings. The zero-order chi connectivity index (χ0) is 23.4. The molecule has 0 bridgehead atoms. The van der Waals surface area contributed by atoms with Gasteiger partial charge in [0.25, 0.3) is 0 Å². The van der Waals surface area contributed by atoms with Gasteiger partial charge in [0.05, 0.1) is 9.79 Å². The van der Waals surface area contributed by atoms with Crippen LogP contribution in [0, 0.1) is 11.2 Å². The molecule has 1 aromatic carbocycles. The van der Waals surface area contributed by atoms with Crippen molar-refractivity contribution in [2.45, 2.75) is 35.1 Å². The van der Waals surface area contributed by atoms with Crippen LogP contribution in [0.1, 0.15) is 30.0 Å². The van der Waals surface area contributed by atoms with Crippen LogP contribution in [0.3, 0.4) is 0 Å². The van der Waals surface area contributed by atoms with Gasteiger partial charge in [0.15, 0.2) is 17.3 Å². The summed E-state index contributed by atoms with van der Waals surface area (Å²) in [5.74, 6) is 0.319. The Kier molecular flexibility index (Phi) is 4.89. The fraction of sp³-hybridized carbons (Fsp3) is 0.292. The molecule has 6 rings (SSSR count). The van der Waals surface area contributed by atoms with Crippen molar-refractivity contribution in [3.63, 3.8) is 0 Å². The van der Waals surface area contributed by atoms with Crippen molar-refractivity contribution in [1.82, 2.24) is 19.4 Å². The summed E-state index contributed by atoms with van der Waals surface area (Å²) in [7, 11) is 0. The molecule has 1 spiro atoms. The number of nitrogens with zero attached hydrogens (tertiary/aromatic N) is 5. The number of hydrogen-bond donors (Lipinski definition) is 3. The minimum absolute atomic E-state index is 0.0543. The number of fused-ring (bicyclic) bond motifs is 2. The minimum Gasteiger partial charge on any atom is -0.383 e. The zero-order valence-corrected chi connectivity index (χ0v) is 19.3. The highest BCUT2D eigenvalue weighted by Crippen LogP contribution is 2.51. The molecule has 6 N–H and O–H groups in total. The third-order valence-corrected chi connectivity index (χ3v) is 8.37. The lowest BCUT2D eigenvalue weighted by Gasteiger charge is -2.42. The molecule has 1 aliphatic carbocycles. The number of nitrogens with two attached hydrogens (primary N) is 3. The highest BCUT2D eigenvalue weighted by molar-refractivity contribution is 7.99. The van der Waals surface area contributed by atoms with Gasteiger partial charge in [-0.05, 0) is 41.9 Å². The van der Waals surface area contributed by atoms with Gasteiger partial charge in [0, 0.05) is 37.7 Å². The number of anilines is 3. The van der Waals surface area contributed by atoms with E-state index < -0.39 is 5.82 Å². The second kappa shape index (κ2) is 7.85. The van der Waals surface area contributed by atoms with Crippen LogP contribution in [0.4, 0.5) is 22.0 Å². The summed E-state index contributed by atoms with van der Waals surface area (Å²) in [6.45, 7) is 1.65. The smallest absolute Gasteiger partial charge is 0.213 e. The van der Waals surface area contributed by atoms with Crippen molar-refractivity contribution in [1.29, 1.82) is 0 Å². The fourth-order valence-corrected chi connectivity index (χ4v) is 6.30. The van der Waals surface area contributed by atoms with E-state index in [0.29, 0.717) is 21.3 Å². The van der Waals surface area contributed by atoms with Gasteiger partial charge in [-0.25, -0.2) is 14.4 Å². The van der Waals surface area contributed by atoms with Crippen molar-refractivity contribution < 1.29 is 4.39 Å². The van der Waals surface area contributed by atoms with Crippen molar-refractivity contribution in [2.75, 3.05) is 29.5 Å². The molecule has 4 heterocycles. The molecule has 34 heavy (non-hydrogen) atoms. The van der Waals surface area contributed by atoms with Gasteiger partial charge in [0.1, 0.15) is 5.82 Å². The van der Waals surface area contributed by atoms with Gasteiger partial charge in [-0.3, -0.25) is 4.40 Å². The molecule has 0 saturated carbocycles. The van der Waals surface area contributed by atoms with Crippen molar-refractivity contribution >= 4 is 35.0 Å². The minimum atomic E-state index is -0.573. The molecule has 1 atom stereocenters. The first-order chi connectivity index (χ1) is 16.5. The maximum absolute atomic E-state index is 14.5. The SMILES string of the molecule is Nc1nccc(Sc2c(N)nc(N3CCC4(CC3)Cc3ccccc3[C@H]4N)n3ccnc23)c1F. The average Bonchev–Trinajstić information content (AvgIpc) is 3.43. The van der Waals surface area contributed by atoms with Gasteiger partial charge >= 0.3 is 0 Å². The lowest BCUT2D eigenvalue weighted by Crippen LogP contribution is -2.45. The van der Waals surface area contributed by atoms with E-state index in [1.165, 1.54) is 17.3 Å². The largest absolute Gasteiger partial charge is 0.383 e. The molecular weight excluding hydrogens is 451 g/mol. The van der Waals surface area contributed by atoms with Crippen LogP contribution in [0.25, 0.3) is 5.65 Å². The Morgan fingerprint density at radius 3 is 2.62 bits per heavy atom. The van der Waals surface area contributed by atoms with Crippen LogP contribution in [-0.4, -0.2) is 32.4 Å². The van der Waals surface area contributed by atoms with Crippen LogP contribution in [0.2, 0.25) is 0 Å². The molecule has 1 fully saturated rings. The summed E-state index contributed by atoms with van der Waals surface area (Å²) < 4.78 is 16.4. The lowest BCUT2D eigenvalue weighted by atomic mass is 9.73. The molecule has 174 valence electrons. The summed E-state index contributed by atoms with van der Waals surface area (Å²) in [5, 5.41) is 0. The molecule has 4 aromatic rings. The summed E-state index contributed by atoms with van der Waals surface area (Å²) in [6, 6.07) is 10.1. The molecular formula is C24H25FN8S. The number of imidazole rings is 1. The monoisotopic (exact) mass is 476 g/mol. The third kappa shape index (κ3) is 3.20. The van der Waals surface area contributed by atoms with E-state index in [1.807, 2.05) is 10.6 Å². The van der Waals surface area contributed by atoms with Crippen molar-refractivity contribution in [3.8, 4) is 0 Å². The molecule has 3 aromatic heterocycles. The maximum Gasteiger partial charge on any atom is 0.213 e. The number of aromatic nitrogens is 4.